The molecule has 0 aliphatic carbocycles. The fourth-order valence-electron chi connectivity index (χ4n) is 1.27. The maximum atomic E-state index is 9.75. The summed E-state index contributed by atoms with van der Waals surface area (Å²) in [6.07, 6.45) is 3.73. The van der Waals surface area contributed by atoms with Crippen molar-refractivity contribution in [3.05, 3.63) is 41.0 Å². The lowest BCUT2D eigenvalue weighted by molar-refractivity contribution is 0.314. The summed E-state index contributed by atoms with van der Waals surface area (Å²) < 4.78 is 4.43. The van der Waals surface area contributed by atoms with Gasteiger partial charge in [-0.15, -0.1) is 0 Å². The quantitative estimate of drug-likeness (QED) is 0.680. The van der Waals surface area contributed by atoms with Crippen LogP contribution in [0.2, 0.25) is 0 Å². The smallest absolute Gasteiger partial charge is 0.417 e. The van der Waals surface area contributed by atoms with Crippen LogP contribution >= 0.6 is 0 Å². The van der Waals surface area contributed by atoms with Gasteiger partial charge in [-0.25, -0.2) is 4.79 Å². The predicted molar refractivity (Wildman–Crippen MR) is 56.6 cm³/mol. The maximum Gasteiger partial charge on any atom is 0.417 e. The molecule has 0 atom stereocenters. The zero-order valence-electron chi connectivity index (χ0n) is 8.41. The molecule has 1 aromatic carbocycles. The summed E-state index contributed by atoms with van der Waals surface area (Å²) in [6.45, 7) is 5.77. The molecule has 0 aromatic heterocycles. The van der Waals surface area contributed by atoms with E-state index in [9.17, 15) is 4.79 Å². The molecular formula is C12H13O2. The predicted octanol–water partition coefficient (Wildman–Crippen LogP) is 2.40. The van der Waals surface area contributed by atoms with Gasteiger partial charge >= 0.3 is 6.47 Å². The lowest BCUT2D eigenvalue weighted by Gasteiger charge is -2.01. The third kappa shape index (κ3) is 3.05. The summed E-state index contributed by atoms with van der Waals surface area (Å²) in [4.78, 5) is 9.75. The molecule has 0 unspecified atom stereocenters. The van der Waals surface area contributed by atoms with Crippen LogP contribution in [-0.4, -0.2) is 13.1 Å². The zero-order valence-corrected chi connectivity index (χ0v) is 8.41. The molecule has 0 saturated carbocycles. The first kappa shape index (κ1) is 10.5. The second kappa shape index (κ2) is 5.22. The van der Waals surface area contributed by atoms with Gasteiger partial charge in [-0.05, 0) is 31.1 Å². The van der Waals surface area contributed by atoms with E-state index in [4.69, 9.17) is 0 Å². The van der Waals surface area contributed by atoms with E-state index in [1.807, 2.05) is 12.1 Å². The van der Waals surface area contributed by atoms with Gasteiger partial charge in [0.15, 0.2) is 0 Å². The molecule has 14 heavy (non-hydrogen) atoms. The summed E-state index contributed by atoms with van der Waals surface area (Å²) in [5.41, 5.74) is 3.61. The van der Waals surface area contributed by atoms with Crippen molar-refractivity contribution in [2.24, 2.45) is 0 Å². The normalized spacial score (nSPS) is 10.4. The van der Waals surface area contributed by atoms with Crippen LogP contribution < -0.4 is 0 Å². The Balaban J connectivity index is 2.67. The zero-order chi connectivity index (χ0) is 10.4. The fourth-order valence-corrected chi connectivity index (χ4v) is 1.27. The van der Waals surface area contributed by atoms with Crippen molar-refractivity contribution in [1.82, 2.24) is 0 Å². The SMILES string of the molecule is Cc1ccc(C=CCO[C]=O)c(C)c1. The molecule has 73 valence electrons. The number of carbonyl (C=O) groups excluding carboxylic acids is 1. The first-order valence-corrected chi connectivity index (χ1v) is 4.47. The van der Waals surface area contributed by atoms with E-state index in [2.05, 4.69) is 30.7 Å². The molecule has 0 fully saturated rings. The van der Waals surface area contributed by atoms with E-state index in [0.717, 1.165) is 5.56 Å². The highest BCUT2D eigenvalue weighted by Gasteiger charge is 1.93. The molecule has 0 amide bonds. The largest absolute Gasteiger partial charge is 0.453 e. The van der Waals surface area contributed by atoms with Gasteiger partial charge in [-0.1, -0.05) is 29.8 Å². The van der Waals surface area contributed by atoms with Crippen molar-refractivity contribution in [3.63, 3.8) is 0 Å². The first-order chi connectivity index (χ1) is 6.74. The summed E-state index contributed by atoms with van der Waals surface area (Å²) in [7, 11) is 0. The van der Waals surface area contributed by atoms with Gasteiger partial charge in [-0.2, -0.15) is 0 Å². The summed E-state index contributed by atoms with van der Waals surface area (Å²) in [5.74, 6) is 0. The molecule has 0 aliphatic heterocycles. The van der Waals surface area contributed by atoms with Gasteiger partial charge in [0.1, 0.15) is 6.61 Å². The Morgan fingerprint density at radius 2 is 2.21 bits per heavy atom. The summed E-state index contributed by atoms with van der Waals surface area (Å²) >= 11 is 0. The Kier molecular flexibility index (Phi) is 3.92. The van der Waals surface area contributed by atoms with Gasteiger partial charge in [-0.3, -0.25) is 0 Å². The second-order valence-electron chi connectivity index (χ2n) is 3.16. The molecule has 0 aliphatic rings. The highest BCUT2D eigenvalue weighted by Crippen LogP contribution is 2.11. The average Bonchev–Trinajstić information content (AvgIpc) is 2.15. The number of hydrogen-bond acceptors (Lipinski definition) is 2. The number of hydrogen-bond donors (Lipinski definition) is 0. The summed E-state index contributed by atoms with van der Waals surface area (Å²) in [6, 6.07) is 6.22. The minimum atomic E-state index is 0.275. The highest BCUT2D eigenvalue weighted by molar-refractivity contribution is 5.54. The minimum absolute atomic E-state index is 0.275. The lowest BCUT2D eigenvalue weighted by atomic mass is 10.1. The van der Waals surface area contributed by atoms with Gasteiger partial charge < -0.3 is 4.74 Å². The third-order valence-electron chi connectivity index (χ3n) is 1.96. The van der Waals surface area contributed by atoms with Crippen molar-refractivity contribution >= 4 is 12.5 Å². The Labute approximate surface area is 84.2 Å². The van der Waals surface area contributed by atoms with E-state index < -0.39 is 0 Å². The Morgan fingerprint density at radius 1 is 1.43 bits per heavy atom. The molecule has 0 N–H and O–H groups in total. The Hall–Kier alpha value is -1.57. The van der Waals surface area contributed by atoms with Crippen LogP contribution in [0.1, 0.15) is 16.7 Å². The average molecular weight is 189 g/mol. The highest BCUT2D eigenvalue weighted by atomic mass is 16.5. The maximum absolute atomic E-state index is 9.75. The number of ether oxygens (including phenoxy) is 1. The number of rotatable bonds is 4. The van der Waals surface area contributed by atoms with Crippen molar-refractivity contribution in [1.29, 1.82) is 0 Å². The minimum Gasteiger partial charge on any atom is -0.453 e. The van der Waals surface area contributed by atoms with Crippen LogP contribution in [0.4, 0.5) is 0 Å². The molecule has 0 saturated heterocycles. The standard InChI is InChI=1S/C12H13O2/c1-10-5-6-12(11(2)8-10)4-3-7-14-9-13/h3-6,8H,7H2,1-2H3. The van der Waals surface area contributed by atoms with Crippen molar-refractivity contribution in [2.75, 3.05) is 6.61 Å². The van der Waals surface area contributed by atoms with Crippen molar-refractivity contribution < 1.29 is 9.53 Å². The van der Waals surface area contributed by atoms with Crippen LogP contribution in [0.15, 0.2) is 24.3 Å². The number of benzene rings is 1. The lowest BCUT2D eigenvalue weighted by Crippen LogP contribution is -1.86. The molecule has 0 heterocycles. The molecule has 1 aromatic rings. The van der Waals surface area contributed by atoms with E-state index >= 15 is 0 Å². The second-order valence-corrected chi connectivity index (χ2v) is 3.16. The monoisotopic (exact) mass is 189 g/mol. The molecule has 1 rings (SSSR count). The van der Waals surface area contributed by atoms with E-state index in [1.54, 1.807) is 6.08 Å². The molecule has 2 heteroatoms. The fraction of sp³-hybridized carbons (Fsp3) is 0.250. The van der Waals surface area contributed by atoms with Crippen LogP contribution in [0.5, 0.6) is 0 Å². The molecule has 0 bridgehead atoms. The number of aryl methyl sites for hydroxylation is 2. The van der Waals surface area contributed by atoms with Gasteiger partial charge in [0.2, 0.25) is 0 Å². The topological polar surface area (TPSA) is 26.3 Å². The Bertz CT molecular complexity index is 340. The molecule has 2 nitrogen and oxygen atoms in total. The first-order valence-electron chi connectivity index (χ1n) is 4.47. The van der Waals surface area contributed by atoms with Crippen LogP contribution in [0.25, 0.3) is 6.08 Å². The van der Waals surface area contributed by atoms with E-state index in [1.165, 1.54) is 17.6 Å². The van der Waals surface area contributed by atoms with Crippen molar-refractivity contribution in [3.8, 4) is 0 Å². The van der Waals surface area contributed by atoms with Crippen molar-refractivity contribution in [2.45, 2.75) is 13.8 Å². The third-order valence-corrected chi connectivity index (χ3v) is 1.96. The van der Waals surface area contributed by atoms with Gasteiger partial charge in [0.25, 0.3) is 0 Å². The van der Waals surface area contributed by atoms with Crippen LogP contribution in [0.3, 0.4) is 0 Å². The molecule has 0 spiro atoms. The van der Waals surface area contributed by atoms with Gasteiger partial charge in [0, 0.05) is 0 Å². The van der Waals surface area contributed by atoms with Crippen LogP contribution in [0, 0.1) is 13.8 Å². The summed E-state index contributed by atoms with van der Waals surface area (Å²) in [5, 5.41) is 0. The van der Waals surface area contributed by atoms with E-state index in [-0.39, 0.29) is 6.61 Å². The van der Waals surface area contributed by atoms with Gasteiger partial charge in [0.05, 0.1) is 0 Å². The Morgan fingerprint density at radius 3 is 2.86 bits per heavy atom. The molecule has 1 radical (unpaired) electrons. The van der Waals surface area contributed by atoms with Crippen LogP contribution in [-0.2, 0) is 9.53 Å². The van der Waals surface area contributed by atoms with E-state index in [0.29, 0.717) is 0 Å². The molecular weight excluding hydrogens is 176 g/mol.